The number of hydrogen-bond donors (Lipinski definition) is 1. The highest BCUT2D eigenvalue weighted by Gasteiger charge is 2.28. The van der Waals surface area contributed by atoms with Crippen molar-refractivity contribution in [2.24, 2.45) is 0 Å². The Morgan fingerprint density at radius 3 is 2.44 bits per heavy atom. The van der Waals surface area contributed by atoms with Crippen molar-refractivity contribution in [2.45, 2.75) is 45.4 Å². The van der Waals surface area contributed by atoms with Gasteiger partial charge in [-0.2, -0.15) is 0 Å². The molecule has 0 aliphatic rings. The van der Waals surface area contributed by atoms with Crippen LogP contribution in [-0.2, 0) is 5.41 Å². The van der Waals surface area contributed by atoms with Crippen molar-refractivity contribution in [1.29, 1.82) is 0 Å². The maximum Gasteiger partial charge on any atom is 0.119 e. The standard InChI is InChI=1S/C16H27NO/c1-5-11-17-13-16(6-2,7-3)14-9-8-10-15(12-14)18-4/h8-10,12,17H,5-7,11,13H2,1-4H3. The van der Waals surface area contributed by atoms with Gasteiger partial charge >= 0.3 is 0 Å². The van der Waals surface area contributed by atoms with Gasteiger partial charge in [0.2, 0.25) is 0 Å². The molecule has 0 aromatic heterocycles. The first-order valence-electron chi connectivity index (χ1n) is 7.07. The topological polar surface area (TPSA) is 21.3 Å². The monoisotopic (exact) mass is 249 g/mol. The zero-order chi connectivity index (χ0) is 13.4. The van der Waals surface area contributed by atoms with Crippen molar-refractivity contribution in [1.82, 2.24) is 5.32 Å². The molecule has 2 heteroatoms. The Labute approximate surface area is 112 Å². The minimum absolute atomic E-state index is 0.226. The summed E-state index contributed by atoms with van der Waals surface area (Å²) in [7, 11) is 1.73. The molecule has 1 rings (SSSR count). The molecule has 0 atom stereocenters. The summed E-state index contributed by atoms with van der Waals surface area (Å²) in [5.74, 6) is 0.953. The minimum atomic E-state index is 0.226. The van der Waals surface area contributed by atoms with Gasteiger partial charge in [0.1, 0.15) is 5.75 Å². The lowest BCUT2D eigenvalue weighted by atomic mass is 9.75. The fourth-order valence-electron chi connectivity index (χ4n) is 2.47. The van der Waals surface area contributed by atoms with Crippen molar-refractivity contribution in [3.8, 4) is 5.75 Å². The number of ether oxygens (including phenoxy) is 1. The third-order valence-corrected chi connectivity index (χ3v) is 3.93. The fraction of sp³-hybridized carbons (Fsp3) is 0.625. The van der Waals surface area contributed by atoms with Crippen LogP contribution in [0.1, 0.15) is 45.6 Å². The second kappa shape index (κ2) is 7.42. The van der Waals surface area contributed by atoms with Gasteiger partial charge in [0.15, 0.2) is 0 Å². The van der Waals surface area contributed by atoms with Crippen LogP contribution in [0.4, 0.5) is 0 Å². The van der Waals surface area contributed by atoms with Crippen LogP contribution in [0.15, 0.2) is 24.3 Å². The van der Waals surface area contributed by atoms with Crippen LogP contribution in [-0.4, -0.2) is 20.2 Å². The molecule has 0 amide bonds. The van der Waals surface area contributed by atoms with Crippen LogP contribution in [0.5, 0.6) is 5.75 Å². The molecule has 0 saturated carbocycles. The molecule has 18 heavy (non-hydrogen) atoms. The Kier molecular flexibility index (Phi) is 6.20. The SMILES string of the molecule is CCCNCC(CC)(CC)c1cccc(OC)c1. The van der Waals surface area contributed by atoms with Crippen molar-refractivity contribution in [3.05, 3.63) is 29.8 Å². The van der Waals surface area contributed by atoms with E-state index in [0.717, 1.165) is 31.7 Å². The Balaban J connectivity index is 2.93. The second-order valence-corrected chi connectivity index (χ2v) is 4.90. The molecule has 1 aromatic carbocycles. The molecule has 0 heterocycles. The number of methoxy groups -OCH3 is 1. The summed E-state index contributed by atoms with van der Waals surface area (Å²) in [4.78, 5) is 0. The number of rotatable bonds is 8. The van der Waals surface area contributed by atoms with Gasteiger partial charge in [0, 0.05) is 12.0 Å². The van der Waals surface area contributed by atoms with E-state index in [1.807, 2.05) is 6.07 Å². The van der Waals surface area contributed by atoms with Crippen LogP contribution < -0.4 is 10.1 Å². The van der Waals surface area contributed by atoms with Crippen LogP contribution in [0.3, 0.4) is 0 Å². The molecule has 2 nitrogen and oxygen atoms in total. The van der Waals surface area contributed by atoms with Crippen molar-refractivity contribution in [2.75, 3.05) is 20.2 Å². The van der Waals surface area contributed by atoms with Crippen molar-refractivity contribution < 1.29 is 4.74 Å². The summed E-state index contributed by atoms with van der Waals surface area (Å²) in [5, 5.41) is 3.57. The van der Waals surface area contributed by atoms with Gasteiger partial charge in [-0.15, -0.1) is 0 Å². The number of benzene rings is 1. The lowest BCUT2D eigenvalue weighted by Crippen LogP contribution is -2.37. The van der Waals surface area contributed by atoms with Gasteiger partial charge < -0.3 is 10.1 Å². The summed E-state index contributed by atoms with van der Waals surface area (Å²) < 4.78 is 5.34. The number of hydrogen-bond acceptors (Lipinski definition) is 2. The maximum absolute atomic E-state index is 5.34. The molecule has 0 fully saturated rings. The first kappa shape index (κ1) is 15.0. The first-order valence-corrected chi connectivity index (χ1v) is 7.07. The normalized spacial score (nSPS) is 11.6. The summed E-state index contributed by atoms with van der Waals surface area (Å²) in [6.45, 7) is 8.89. The molecule has 0 aliphatic carbocycles. The Hall–Kier alpha value is -1.02. The highest BCUT2D eigenvalue weighted by Crippen LogP contribution is 2.32. The molecule has 0 radical (unpaired) electrons. The number of nitrogens with one attached hydrogen (secondary N) is 1. The third-order valence-electron chi connectivity index (χ3n) is 3.93. The van der Waals surface area contributed by atoms with Crippen LogP contribution in [0, 0.1) is 0 Å². The van der Waals surface area contributed by atoms with E-state index < -0.39 is 0 Å². The third kappa shape index (κ3) is 3.49. The smallest absolute Gasteiger partial charge is 0.119 e. The molecule has 1 aromatic rings. The van der Waals surface area contributed by atoms with Gasteiger partial charge in [0.05, 0.1) is 7.11 Å². The van der Waals surface area contributed by atoms with Gasteiger partial charge in [-0.05, 0) is 43.5 Å². The largest absolute Gasteiger partial charge is 0.497 e. The molecule has 0 unspecified atom stereocenters. The van der Waals surface area contributed by atoms with Gasteiger partial charge in [-0.1, -0.05) is 32.9 Å². The fourth-order valence-corrected chi connectivity index (χ4v) is 2.47. The quantitative estimate of drug-likeness (QED) is 0.708. The van der Waals surface area contributed by atoms with E-state index in [2.05, 4.69) is 44.3 Å². The van der Waals surface area contributed by atoms with Crippen LogP contribution >= 0.6 is 0 Å². The van der Waals surface area contributed by atoms with Crippen molar-refractivity contribution >= 4 is 0 Å². The van der Waals surface area contributed by atoms with E-state index in [1.165, 1.54) is 12.0 Å². The molecule has 102 valence electrons. The van der Waals surface area contributed by atoms with E-state index in [4.69, 9.17) is 4.74 Å². The summed E-state index contributed by atoms with van der Waals surface area (Å²) in [5.41, 5.74) is 1.61. The zero-order valence-corrected chi connectivity index (χ0v) is 12.3. The average Bonchev–Trinajstić information content (AvgIpc) is 2.44. The summed E-state index contributed by atoms with van der Waals surface area (Å²) in [6, 6.07) is 8.51. The highest BCUT2D eigenvalue weighted by molar-refractivity contribution is 5.34. The lowest BCUT2D eigenvalue weighted by molar-refractivity contribution is 0.364. The average molecular weight is 249 g/mol. The van der Waals surface area contributed by atoms with Crippen LogP contribution in [0.2, 0.25) is 0 Å². The molecule has 0 aliphatic heterocycles. The lowest BCUT2D eigenvalue weighted by Gasteiger charge is -2.33. The van der Waals surface area contributed by atoms with Gasteiger partial charge in [-0.25, -0.2) is 0 Å². The van der Waals surface area contributed by atoms with Crippen LogP contribution in [0.25, 0.3) is 0 Å². The summed E-state index contributed by atoms with van der Waals surface area (Å²) in [6.07, 6.45) is 3.47. The Morgan fingerprint density at radius 2 is 1.89 bits per heavy atom. The minimum Gasteiger partial charge on any atom is -0.497 e. The Morgan fingerprint density at radius 1 is 1.17 bits per heavy atom. The zero-order valence-electron chi connectivity index (χ0n) is 12.3. The molecular formula is C16H27NO. The first-order chi connectivity index (χ1) is 8.72. The van der Waals surface area contributed by atoms with E-state index >= 15 is 0 Å². The second-order valence-electron chi connectivity index (χ2n) is 4.90. The summed E-state index contributed by atoms with van der Waals surface area (Å²) >= 11 is 0. The van der Waals surface area contributed by atoms with Crippen molar-refractivity contribution in [3.63, 3.8) is 0 Å². The van der Waals surface area contributed by atoms with E-state index in [0.29, 0.717) is 0 Å². The van der Waals surface area contributed by atoms with Gasteiger partial charge in [0.25, 0.3) is 0 Å². The molecule has 1 N–H and O–H groups in total. The molecule has 0 bridgehead atoms. The highest BCUT2D eigenvalue weighted by atomic mass is 16.5. The predicted molar refractivity (Wildman–Crippen MR) is 78.4 cm³/mol. The molecular weight excluding hydrogens is 222 g/mol. The Bertz CT molecular complexity index is 345. The van der Waals surface area contributed by atoms with E-state index in [-0.39, 0.29) is 5.41 Å². The molecule has 0 saturated heterocycles. The molecule has 0 spiro atoms. The van der Waals surface area contributed by atoms with E-state index in [1.54, 1.807) is 7.11 Å². The maximum atomic E-state index is 5.34. The van der Waals surface area contributed by atoms with E-state index in [9.17, 15) is 0 Å². The predicted octanol–water partition coefficient (Wildman–Crippen LogP) is 3.75. The van der Waals surface area contributed by atoms with Gasteiger partial charge in [-0.3, -0.25) is 0 Å².